The van der Waals surface area contributed by atoms with Crippen LogP contribution in [0.4, 0.5) is 5.69 Å². The van der Waals surface area contributed by atoms with Gasteiger partial charge in [0.1, 0.15) is 0 Å². The highest BCUT2D eigenvalue weighted by molar-refractivity contribution is 5.99. The fraction of sp³-hybridized carbons (Fsp3) is 0.562. The van der Waals surface area contributed by atoms with Gasteiger partial charge in [-0.15, -0.1) is 0 Å². The summed E-state index contributed by atoms with van der Waals surface area (Å²) in [6.45, 7) is 6.37. The van der Waals surface area contributed by atoms with Gasteiger partial charge in [-0.25, -0.2) is 0 Å². The van der Waals surface area contributed by atoms with Gasteiger partial charge in [-0.1, -0.05) is 25.5 Å². The van der Waals surface area contributed by atoms with E-state index in [9.17, 15) is 4.79 Å². The van der Waals surface area contributed by atoms with Gasteiger partial charge in [0, 0.05) is 17.8 Å². The molecule has 0 heterocycles. The first-order chi connectivity index (χ1) is 9.08. The lowest BCUT2D eigenvalue weighted by Crippen LogP contribution is -2.36. The quantitative estimate of drug-likeness (QED) is 0.871. The van der Waals surface area contributed by atoms with E-state index in [1.54, 1.807) is 0 Å². The molecule has 1 saturated carbocycles. The van der Waals surface area contributed by atoms with Crippen LogP contribution in [0.2, 0.25) is 0 Å². The monoisotopic (exact) mass is 260 g/mol. The number of amides is 1. The van der Waals surface area contributed by atoms with Gasteiger partial charge in [0.15, 0.2) is 0 Å². The molecule has 0 radical (unpaired) electrons. The third-order valence-electron chi connectivity index (χ3n) is 3.79. The molecule has 1 fully saturated rings. The number of hydrogen-bond acceptors (Lipinski definition) is 2. The van der Waals surface area contributed by atoms with Crippen LogP contribution in [0, 0.1) is 5.92 Å². The fourth-order valence-corrected chi connectivity index (χ4v) is 2.72. The van der Waals surface area contributed by atoms with E-state index < -0.39 is 0 Å². The first-order valence-electron chi connectivity index (χ1n) is 7.24. The number of nitrogens with one attached hydrogen (secondary N) is 2. The Balaban J connectivity index is 2.10. The summed E-state index contributed by atoms with van der Waals surface area (Å²) in [6.07, 6.45) is 3.54. The molecule has 1 aliphatic rings. The third kappa shape index (κ3) is 3.49. The van der Waals surface area contributed by atoms with E-state index >= 15 is 0 Å². The van der Waals surface area contributed by atoms with Crippen LogP contribution in [0.15, 0.2) is 24.3 Å². The van der Waals surface area contributed by atoms with Crippen molar-refractivity contribution in [2.24, 2.45) is 5.92 Å². The topological polar surface area (TPSA) is 41.1 Å². The van der Waals surface area contributed by atoms with E-state index in [4.69, 9.17) is 0 Å². The minimum Gasteiger partial charge on any atom is -0.382 e. The van der Waals surface area contributed by atoms with Crippen molar-refractivity contribution in [3.63, 3.8) is 0 Å². The number of carbonyl (C=O) groups is 1. The average Bonchev–Trinajstić information content (AvgIpc) is 2.75. The zero-order chi connectivity index (χ0) is 13.8. The predicted octanol–water partition coefficient (Wildman–Crippen LogP) is 3.43. The van der Waals surface area contributed by atoms with E-state index in [1.165, 1.54) is 12.8 Å². The van der Waals surface area contributed by atoms with E-state index in [0.717, 1.165) is 17.7 Å². The number of anilines is 1. The summed E-state index contributed by atoms with van der Waals surface area (Å²) >= 11 is 0. The van der Waals surface area contributed by atoms with E-state index in [-0.39, 0.29) is 5.91 Å². The highest BCUT2D eigenvalue weighted by Crippen LogP contribution is 2.25. The molecule has 1 aromatic carbocycles. The zero-order valence-corrected chi connectivity index (χ0v) is 12.1. The van der Waals surface area contributed by atoms with Crippen LogP contribution in [0.25, 0.3) is 0 Å². The zero-order valence-electron chi connectivity index (χ0n) is 12.1. The summed E-state index contributed by atoms with van der Waals surface area (Å²) in [6, 6.07) is 8.38. The van der Waals surface area contributed by atoms with Gasteiger partial charge in [0.05, 0.1) is 5.56 Å². The molecule has 104 valence electrons. The first-order valence-corrected chi connectivity index (χ1v) is 7.24. The lowest BCUT2D eigenvalue weighted by molar-refractivity contribution is 0.0930. The third-order valence-corrected chi connectivity index (χ3v) is 3.79. The maximum Gasteiger partial charge on any atom is 0.253 e. The van der Waals surface area contributed by atoms with Crippen LogP contribution in [0.1, 0.15) is 50.4 Å². The molecule has 0 aromatic heterocycles. The van der Waals surface area contributed by atoms with Gasteiger partial charge < -0.3 is 10.6 Å². The summed E-state index contributed by atoms with van der Waals surface area (Å²) in [7, 11) is 0. The van der Waals surface area contributed by atoms with Crippen molar-refractivity contribution >= 4 is 11.6 Å². The lowest BCUT2D eigenvalue weighted by atomic mass is 10.1. The SMILES string of the molecule is CC(C)Nc1ccccc1C(=O)NC1CCCC1C. The Bertz CT molecular complexity index is 442. The second-order valence-electron chi connectivity index (χ2n) is 5.83. The molecule has 2 rings (SSSR count). The summed E-state index contributed by atoms with van der Waals surface area (Å²) < 4.78 is 0. The molecule has 19 heavy (non-hydrogen) atoms. The second-order valence-corrected chi connectivity index (χ2v) is 5.83. The molecule has 2 atom stereocenters. The number of rotatable bonds is 4. The highest BCUT2D eigenvalue weighted by Gasteiger charge is 2.25. The van der Waals surface area contributed by atoms with Crippen molar-refractivity contribution < 1.29 is 4.79 Å². The fourth-order valence-electron chi connectivity index (χ4n) is 2.72. The Labute approximate surface area is 115 Å². The molecule has 1 aliphatic carbocycles. The van der Waals surface area contributed by atoms with Gasteiger partial charge in [0.25, 0.3) is 5.91 Å². The normalized spacial score (nSPS) is 22.5. The molecule has 0 bridgehead atoms. The van der Waals surface area contributed by atoms with Gasteiger partial charge in [-0.2, -0.15) is 0 Å². The van der Waals surface area contributed by atoms with Gasteiger partial charge in [-0.3, -0.25) is 4.79 Å². The van der Waals surface area contributed by atoms with Crippen LogP contribution < -0.4 is 10.6 Å². The molecule has 0 aliphatic heterocycles. The number of carbonyl (C=O) groups excluding carboxylic acids is 1. The Kier molecular flexibility index (Phi) is 4.46. The van der Waals surface area contributed by atoms with Crippen molar-refractivity contribution in [3.8, 4) is 0 Å². The molecule has 2 unspecified atom stereocenters. The van der Waals surface area contributed by atoms with E-state index in [1.807, 2.05) is 24.3 Å². The second kappa shape index (κ2) is 6.09. The van der Waals surface area contributed by atoms with Gasteiger partial charge in [-0.05, 0) is 44.7 Å². The molecule has 0 spiro atoms. The first kappa shape index (κ1) is 13.9. The molecule has 3 heteroatoms. The molecule has 3 nitrogen and oxygen atoms in total. The standard InChI is InChI=1S/C16H24N2O/c1-11(2)17-15-9-5-4-8-13(15)16(19)18-14-10-6-7-12(14)3/h4-5,8-9,11-12,14,17H,6-7,10H2,1-3H3,(H,18,19). The summed E-state index contributed by atoms with van der Waals surface area (Å²) in [5.74, 6) is 0.636. The maximum atomic E-state index is 12.4. The van der Waals surface area contributed by atoms with Crippen LogP contribution in [-0.2, 0) is 0 Å². The maximum absolute atomic E-state index is 12.4. The summed E-state index contributed by atoms with van der Waals surface area (Å²) in [5.41, 5.74) is 1.66. The van der Waals surface area contributed by atoms with Crippen molar-refractivity contribution in [3.05, 3.63) is 29.8 Å². The van der Waals surface area contributed by atoms with E-state index in [2.05, 4.69) is 31.4 Å². The van der Waals surface area contributed by atoms with Crippen LogP contribution >= 0.6 is 0 Å². The van der Waals surface area contributed by atoms with Crippen molar-refractivity contribution in [1.82, 2.24) is 5.32 Å². The molecular formula is C16H24N2O. The Morgan fingerprint density at radius 1 is 1.26 bits per heavy atom. The number of para-hydroxylation sites is 1. The van der Waals surface area contributed by atoms with Gasteiger partial charge in [0.2, 0.25) is 0 Å². The minimum atomic E-state index is 0.0440. The summed E-state index contributed by atoms with van der Waals surface area (Å²) in [5, 5.41) is 6.51. The lowest BCUT2D eigenvalue weighted by Gasteiger charge is -2.19. The van der Waals surface area contributed by atoms with Crippen molar-refractivity contribution in [2.45, 2.75) is 52.1 Å². The number of benzene rings is 1. The molecule has 1 aromatic rings. The Morgan fingerprint density at radius 2 is 2.00 bits per heavy atom. The Hall–Kier alpha value is -1.51. The largest absolute Gasteiger partial charge is 0.382 e. The molecule has 1 amide bonds. The Morgan fingerprint density at radius 3 is 2.63 bits per heavy atom. The van der Waals surface area contributed by atoms with Crippen LogP contribution in [0.3, 0.4) is 0 Å². The minimum absolute atomic E-state index is 0.0440. The molecule has 0 saturated heterocycles. The average molecular weight is 260 g/mol. The van der Waals surface area contributed by atoms with Crippen LogP contribution in [0.5, 0.6) is 0 Å². The van der Waals surface area contributed by atoms with E-state index in [0.29, 0.717) is 18.0 Å². The summed E-state index contributed by atoms with van der Waals surface area (Å²) in [4.78, 5) is 12.4. The van der Waals surface area contributed by atoms with Crippen molar-refractivity contribution in [2.75, 3.05) is 5.32 Å². The molecule has 2 N–H and O–H groups in total. The van der Waals surface area contributed by atoms with Crippen molar-refractivity contribution in [1.29, 1.82) is 0 Å². The predicted molar refractivity (Wildman–Crippen MR) is 79.5 cm³/mol. The number of hydrogen-bond donors (Lipinski definition) is 2. The highest BCUT2D eigenvalue weighted by atomic mass is 16.1. The molecular weight excluding hydrogens is 236 g/mol. The smallest absolute Gasteiger partial charge is 0.253 e. The van der Waals surface area contributed by atoms with Crippen LogP contribution in [-0.4, -0.2) is 18.0 Å². The van der Waals surface area contributed by atoms with Gasteiger partial charge >= 0.3 is 0 Å².